The molecule has 0 aromatic heterocycles. The van der Waals surface area contributed by atoms with Gasteiger partial charge < -0.3 is 14.6 Å². The van der Waals surface area contributed by atoms with Crippen molar-refractivity contribution >= 4 is 5.97 Å². The number of aryl methyl sites for hydroxylation is 1. The van der Waals surface area contributed by atoms with E-state index in [0.717, 1.165) is 25.0 Å². The molecule has 1 aromatic carbocycles. The van der Waals surface area contributed by atoms with E-state index in [0.29, 0.717) is 12.4 Å². The number of hydrogen-bond donors (Lipinski definition) is 1. The highest BCUT2D eigenvalue weighted by atomic mass is 16.5. The van der Waals surface area contributed by atoms with Crippen molar-refractivity contribution in [2.75, 3.05) is 13.2 Å². The van der Waals surface area contributed by atoms with E-state index in [-0.39, 0.29) is 11.7 Å². The van der Waals surface area contributed by atoms with E-state index in [9.17, 15) is 4.79 Å². The lowest BCUT2D eigenvalue weighted by atomic mass is 10.1. The third-order valence-electron chi connectivity index (χ3n) is 2.82. The molecule has 1 aromatic rings. The minimum absolute atomic E-state index is 0.0946. The largest absolute Gasteiger partial charge is 0.490 e. The molecule has 0 aliphatic carbocycles. The summed E-state index contributed by atoms with van der Waals surface area (Å²) in [5.74, 6) is -0.541. The van der Waals surface area contributed by atoms with Crippen molar-refractivity contribution in [2.45, 2.75) is 25.9 Å². The Hall–Kier alpha value is -1.55. The molecular weight excluding hydrogens is 220 g/mol. The summed E-state index contributed by atoms with van der Waals surface area (Å²) >= 11 is 0. The van der Waals surface area contributed by atoms with Crippen LogP contribution in [0.3, 0.4) is 0 Å². The first-order valence-electron chi connectivity index (χ1n) is 5.75. The van der Waals surface area contributed by atoms with Crippen LogP contribution in [0.5, 0.6) is 5.75 Å². The molecule has 4 nitrogen and oxygen atoms in total. The van der Waals surface area contributed by atoms with E-state index in [4.69, 9.17) is 14.6 Å². The quantitative estimate of drug-likeness (QED) is 0.871. The van der Waals surface area contributed by atoms with Crippen LogP contribution in [0.4, 0.5) is 0 Å². The molecule has 1 unspecified atom stereocenters. The second kappa shape index (κ2) is 5.19. The minimum Gasteiger partial charge on any atom is -0.490 e. The summed E-state index contributed by atoms with van der Waals surface area (Å²) in [6, 6.07) is 5.09. The van der Waals surface area contributed by atoms with Gasteiger partial charge >= 0.3 is 5.97 Å². The number of aromatic carboxylic acids is 1. The fraction of sp³-hybridized carbons (Fsp3) is 0.462. The molecule has 1 atom stereocenters. The van der Waals surface area contributed by atoms with Gasteiger partial charge in [-0.1, -0.05) is 6.07 Å². The van der Waals surface area contributed by atoms with Gasteiger partial charge in [-0.05, 0) is 37.5 Å². The molecular formula is C13H16O4. The van der Waals surface area contributed by atoms with Gasteiger partial charge in [0.15, 0.2) is 0 Å². The van der Waals surface area contributed by atoms with Crippen LogP contribution in [0.1, 0.15) is 28.8 Å². The summed E-state index contributed by atoms with van der Waals surface area (Å²) in [5.41, 5.74) is 1.19. The van der Waals surface area contributed by atoms with E-state index < -0.39 is 5.97 Å². The maximum absolute atomic E-state index is 11.0. The van der Waals surface area contributed by atoms with Crippen LogP contribution in [0, 0.1) is 6.92 Å². The zero-order valence-corrected chi connectivity index (χ0v) is 9.81. The molecule has 1 aliphatic rings. The van der Waals surface area contributed by atoms with Gasteiger partial charge in [-0.3, -0.25) is 0 Å². The molecule has 2 rings (SSSR count). The lowest BCUT2D eigenvalue weighted by molar-refractivity contribution is 0.0629. The first kappa shape index (κ1) is 11.9. The Bertz CT molecular complexity index is 408. The zero-order chi connectivity index (χ0) is 12.3. The van der Waals surface area contributed by atoms with Gasteiger partial charge in [0.2, 0.25) is 0 Å². The minimum atomic E-state index is -0.965. The fourth-order valence-electron chi connectivity index (χ4n) is 1.88. The Morgan fingerprint density at radius 3 is 3.06 bits per heavy atom. The highest BCUT2D eigenvalue weighted by molar-refractivity contribution is 5.90. The summed E-state index contributed by atoms with van der Waals surface area (Å²) in [7, 11) is 0. The summed E-state index contributed by atoms with van der Waals surface area (Å²) < 4.78 is 11.0. The molecule has 0 saturated carbocycles. The number of rotatable bonds is 4. The number of carboxylic acid groups (broad SMARTS) is 1. The molecule has 1 aliphatic heterocycles. The molecule has 0 radical (unpaired) electrons. The first-order valence-corrected chi connectivity index (χ1v) is 5.75. The van der Waals surface area contributed by atoms with Crippen LogP contribution in [-0.4, -0.2) is 30.4 Å². The smallest absolute Gasteiger partial charge is 0.339 e. The van der Waals surface area contributed by atoms with Crippen molar-refractivity contribution in [1.82, 2.24) is 0 Å². The Balaban J connectivity index is 2.07. The molecule has 1 N–H and O–H groups in total. The van der Waals surface area contributed by atoms with Crippen LogP contribution in [0.15, 0.2) is 18.2 Å². The van der Waals surface area contributed by atoms with Gasteiger partial charge in [-0.15, -0.1) is 0 Å². The van der Waals surface area contributed by atoms with E-state index in [1.54, 1.807) is 18.2 Å². The van der Waals surface area contributed by atoms with Crippen molar-refractivity contribution in [3.63, 3.8) is 0 Å². The number of ether oxygens (including phenoxy) is 2. The highest BCUT2D eigenvalue weighted by Crippen LogP contribution is 2.22. The monoisotopic (exact) mass is 236 g/mol. The van der Waals surface area contributed by atoms with Gasteiger partial charge in [-0.25, -0.2) is 4.79 Å². The van der Waals surface area contributed by atoms with Crippen LogP contribution >= 0.6 is 0 Å². The first-order chi connectivity index (χ1) is 8.16. The predicted octanol–water partition coefficient (Wildman–Crippen LogP) is 2.25. The van der Waals surface area contributed by atoms with Crippen LogP contribution in [-0.2, 0) is 4.74 Å². The second-order valence-electron chi connectivity index (χ2n) is 4.25. The standard InChI is InChI=1S/C13H16O4/c1-9-4-5-11(13(14)15)12(7-9)17-8-10-3-2-6-16-10/h4-5,7,10H,2-3,6,8H2,1H3,(H,14,15). The number of carboxylic acids is 1. The van der Waals surface area contributed by atoms with Gasteiger partial charge in [0.05, 0.1) is 6.10 Å². The molecule has 0 bridgehead atoms. The van der Waals surface area contributed by atoms with Gasteiger partial charge in [0, 0.05) is 6.61 Å². The van der Waals surface area contributed by atoms with E-state index in [2.05, 4.69) is 0 Å². The third-order valence-corrected chi connectivity index (χ3v) is 2.82. The van der Waals surface area contributed by atoms with Gasteiger partial charge in [0.25, 0.3) is 0 Å². The average Bonchev–Trinajstić information content (AvgIpc) is 2.78. The van der Waals surface area contributed by atoms with E-state index >= 15 is 0 Å². The highest BCUT2D eigenvalue weighted by Gasteiger charge is 2.18. The molecule has 4 heteroatoms. The molecule has 1 saturated heterocycles. The summed E-state index contributed by atoms with van der Waals surface area (Å²) in [6.07, 6.45) is 2.12. The molecule has 92 valence electrons. The van der Waals surface area contributed by atoms with Crippen molar-refractivity contribution in [1.29, 1.82) is 0 Å². The lowest BCUT2D eigenvalue weighted by Crippen LogP contribution is -2.17. The topological polar surface area (TPSA) is 55.8 Å². The maximum atomic E-state index is 11.0. The summed E-state index contributed by atoms with van der Waals surface area (Å²) in [5, 5.41) is 9.04. The van der Waals surface area contributed by atoms with Gasteiger partial charge in [0.1, 0.15) is 17.9 Å². The molecule has 17 heavy (non-hydrogen) atoms. The number of carbonyl (C=O) groups is 1. The van der Waals surface area contributed by atoms with Crippen molar-refractivity contribution in [3.05, 3.63) is 29.3 Å². The summed E-state index contributed by atoms with van der Waals surface area (Å²) in [6.45, 7) is 3.10. The normalized spacial score (nSPS) is 19.2. The maximum Gasteiger partial charge on any atom is 0.339 e. The Morgan fingerprint density at radius 2 is 2.41 bits per heavy atom. The van der Waals surface area contributed by atoms with Crippen LogP contribution in [0.2, 0.25) is 0 Å². The Morgan fingerprint density at radius 1 is 1.59 bits per heavy atom. The summed E-state index contributed by atoms with van der Waals surface area (Å²) in [4.78, 5) is 11.0. The van der Waals surface area contributed by atoms with Gasteiger partial charge in [-0.2, -0.15) is 0 Å². The molecule has 1 heterocycles. The van der Waals surface area contributed by atoms with Crippen LogP contribution < -0.4 is 4.74 Å². The fourth-order valence-corrected chi connectivity index (χ4v) is 1.88. The SMILES string of the molecule is Cc1ccc(C(=O)O)c(OCC2CCCO2)c1. The zero-order valence-electron chi connectivity index (χ0n) is 9.81. The predicted molar refractivity (Wildman–Crippen MR) is 62.6 cm³/mol. The van der Waals surface area contributed by atoms with Crippen molar-refractivity contribution in [3.8, 4) is 5.75 Å². The Labute approximate surface area is 100 Å². The van der Waals surface area contributed by atoms with Crippen molar-refractivity contribution < 1.29 is 19.4 Å². The molecule has 0 amide bonds. The second-order valence-corrected chi connectivity index (χ2v) is 4.25. The van der Waals surface area contributed by atoms with E-state index in [1.165, 1.54) is 0 Å². The third kappa shape index (κ3) is 2.97. The van der Waals surface area contributed by atoms with Crippen molar-refractivity contribution in [2.24, 2.45) is 0 Å². The van der Waals surface area contributed by atoms with E-state index in [1.807, 2.05) is 6.92 Å². The number of hydrogen-bond acceptors (Lipinski definition) is 3. The van der Waals surface area contributed by atoms with Crippen LogP contribution in [0.25, 0.3) is 0 Å². The lowest BCUT2D eigenvalue weighted by Gasteiger charge is -2.13. The molecule has 1 fully saturated rings. The average molecular weight is 236 g/mol. The molecule has 0 spiro atoms. The number of benzene rings is 1. The Kier molecular flexibility index (Phi) is 3.64.